The lowest BCUT2D eigenvalue weighted by Crippen LogP contribution is -2.12. The first-order chi connectivity index (χ1) is 9.97. The van der Waals surface area contributed by atoms with Crippen molar-refractivity contribution in [2.75, 3.05) is 19.8 Å². The quantitative estimate of drug-likeness (QED) is 0.734. The Labute approximate surface area is 129 Å². The Hall–Kier alpha value is -1.06. The van der Waals surface area contributed by atoms with Crippen molar-refractivity contribution in [2.45, 2.75) is 46.5 Å². The summed E-state index contributed by atoms with van der Waals surface area (Å²) in [4.78, 5) is 0. The van der Waals surface area contributed by atoms with Gasteiger partial charge in [0.25, 0.3) is 0 Å². The predicted octanol–water partition coefficient (Wildman–Crippen LogP) is 3.38. The van der Waals surface area contributed by atoms with E-state index in [2.05, 4.69) is 45.9 Å². The summed E-state index contributed by atoms with van der Waals surface area (Å²) in [5, 5.41) is 18.3. The van der Waals surface area contributed by atoms with Crippen molar-refractivity contribution < 1.29 is 14.9 Å². The van der Waals surface area contributed by atoms with Gasteiger partial charge in [-0.3, -0.25) is 0 Å². The molecule has 0 atom stereocenters. The number of aliphatic hydroxyl groups excluding tert-OH is 2. The Bertz CT molecular complexity index is 409. The van der Waals surface area contributed by atoms with Crippen LogP contribution in [0.3, 0.4) is 0 Å². The minimum atomic E-state index is -0.0237. The molecule has 0 saturated heterocycles. The standard InChI is InChI=1S/C18H30O3/c1-13(2)12-21-18-8-7-15(9-17(18)14(3)4)5-6-16(10-19)11-20/h7-9,13-14,16,19-20H,5-6,10-12H2,1-4H3. The lowest BCUT2D eigenvalue weighted by Gasteiger charge is -2.17. The molecule has 1 aromatic rings. The maximum absolute atomic E-state index is 9.13. The predicted molar refractivity (Wildman–Crippen MR) is 86.8 cm³/mol. The van der Waals surface area contributed by atoms with Crippen molar-refractivity contribution in [1.82, 2.24) is 0 Å². The largest absolute Gasteiger partial charge is 0.493 e. The molecule has 0 spiro atoms. The fourth-order valence-corrected chi connectivity index (χ4v) is 2.20. The molecule has 0 aliphatic heterocycles. The summed E-state index contributed by atoms with van der Waals surface area (Å²) in [5.41, 5.74) is 2.47. The fourth-order valence-electron chi connectivity index (χ4n) is 2.20. The van der Waals surface area contributed by atoms with E-state index in [9.17, 15) is 0 Å². The van der Waals surface area contributed by atoms with Crippen LogP contribution in [-0.2, 0) is 6.42 Å². The van der Waals surface area contributed by atoms with Crippen LogP contribution in [0.5, 0.6) is 5.75 Å². The maximum Gasteiger partial charge on any atom is 0.122 e. The maximum atomic E-state index is 9.13. The van der Waals surface area contributed by atoms with Crippen LogP contribution in [0.15, 0.2) is 18.2 Å². The molecule has 120 valence electrons. The lowest BCUT2D eigenvalue weighted by atomic mass is 9.95. The molecule has 21 heavy (non-hydrogen) atoms. The summed E-state index contributed by atoms with van der Waals surface area (Å²) in [7, 11) is 0. The number of hydrogen-bond donors (Lipinski definition) is 2. The molecule has 0 heterocycles. The molecule has 0 saturated carbocycles. The van der Waals surface area contributed by atoms with Gasteiger partial charge in [0, 0.05) is 19.1 Å². The van der Waals surface area contributed by atoms with E-state index in [0.29, 0.717) is 11.8 Å². The number of rotatable bonds is 9. The first kappa shape index (κ1) is 18.0. The smallest absolute Gasteiger partial charge is 0.122 e. The van der Waals surface area contributed by atoms with Crippen LogP contribution in [0, 0.1) is 11.8 Å². The zero-order chi connectivity index (χ0) is 15.8. The van der Waals surface area contributed by atoms with E-state index in [4.69, 9.17) is 14.9 Å². The molecule has 3 nitrogen and oxygen atoms in total. The Kier molecular flexibility index (Phi) is 7.76. The summed E-state index contributed by atoms with van der Waals surface area (Å²) >= 11 is 0. The van der Waals surface area contributed by atoms with Crippen molar-refractivity contribution in [1.29, 1.82) is 0 Å². The summed E-state index contributed by atoms with van der Waals surface area (Å²) < 4.78 is 5.90. The van der Waals surface area contributed by atoms with Crippen LogP contribution in [0.2, 0.25) is 0 Å². The first-order valence-electron chi connectivity index (χ1n) is 7.95. The first-order valence-corrected chi connectivity index (χ1v) is 7.95. The number of benzene rings is 1. The highest BCUT2D eigenvalue weighted by Gasteiger charge is 2.11. The van der Waals surface area contributed by atoms with Gasteiger partial charge in [0.05, 0.1) is 6.61 Å². The molecule has 0 radical (unpaired) electrons. The van der Waals surface area contributed by atoms with Gasteiger partial charge < -0.3 is 14.9 Å². The molecular weight excluding hydrogens is 264 g/mol. The van der Waals surface area contributed by atoms with Crippen molar-refractivity contribution in [2.24, 2.45) is 11.8 Å². The van der Waals surface area contributed by atoms with Gasteiger partial charge in [0.15, 0.2) is 0 Å². The average Bonchev–Trinajstić information content (AvgIpc) is 2.46. The van der Waals surface area contributed by atoms with Gasteiger partial charge in [-0.25, -0.2) is 0 Å². The number of hydrogen-bond acceptors (Lipinski definition) is 3. The van der Waals surface area contributed by atoms with Gasteiger partial charge in [-0.15, -0.1) is 0 Å². The molecule has 1 aromatic carbocycles. The lowest BCUT2D eigenvalue weighted by molar-refractivity contribution is 0.144. The van der Waals surface area contributed by atoms with Crippen molar-refractivity contribution >= 4 is 0 Å². The van der Waals surface area contributed by atoms with Crippen LogP contribution in [-0.4, -0.2) is 30.0 Å². The Morgan fingerprint density at radius 1 is 1.05 bits per heavy atom. The van der Waals surface area contributed by atoms with Crippen LogP contribution < -0.4 is 4.74 Å². The monoisotopic (exact) mass is 294 g/mol. The minimum Gasteiger partial charge on any atom is -0.493 e. The third kappa shape index (κ3) is 6.06. The van der Waals surface area contributed by atoms with Gasteiger partial charge in [0.2, 0.25) is 0 Å². The minimum absolute atomic E-state index is 0.0237. The molecule has 2 N–H and O–H groups in total. The van der Waals surface area contributed by atoms with E-state index < -0.39 is 0 Å². The Balaban J connectivity index is 2.77. The third-order valence-corrected chi connectivity index (χ3v) is 3.63. The molecule has 0 unspecified atom stereocenters. The van der Waals surface area contributed by atoms with Crippen LogP contribution in [0.1, 0.15) is 51.2 Å². The van der Waals surface area contributed by atoms with Gasteiger partial charge in [-0.1, -0.05) is 39.8 Å². The Morgan fingerprint density at radius 3 is 2.24 bits per heavy atom. The highest BCUT2D eigenvalue weighted by molar-refractivity contribution is 5.39. The summed E-state index contributed by atoms with van der Waals surface area (Å²) in [5.74, 6) is 1.88. The van der Waals surface area contributed by atoms with Gasteiger partial charge in [-0.05, 0) is 41.9 Å². The van der Waals surface area contributed by atoms with Crippen LogP contribution in [0.25, 0.3) is 0 Å². The molecular formula is C18H30O3. The molecule has 0 amide bonds. The number of ether oxygens (including phenoxy) is 1. The highest BCUT2D eigenvalue weighted by Crippen LogP contribution is 2.28. The average molecular weight is 294 g/mol. The molecule has 0 aliphatic carbocycles. The van der Waals surface area contributed by atoms with E-state index in [1.165, 1.54) is 11.1 Å². The second kappa shape index (κ2) is 9.06. The second-order valence-electron chi connectivity index (χ2n) is 6.50. The van der Waals surface area contributed by atoms with Gasteiger partial charge in [-0.2, -0.15) is 0 Å². The summed E-state index contributed by atoms with van der Waals surface area (Å²) in [6.07, 6.45) is 1.67. The molecule has 1 rings (SSSR count). The fraction of sp³-hybridized carbons (Fsp3) is 0.667. The molecule has 0 aromatic heterocycles. The SMILES string of the molecule is CC(C)COc1ccc(CCC(CO)CO)cc1C(C)C. The summed E-state index contributed by atoms with van der Waals surface area (Å²) in [6, 6.07) is 6.35. The summed E-state index contributed by atoms with van der Waals surface area (Å²) in [6.45, 7) is 9.46. The van der Waals surface area contributed by atoms with Crippen molar-refractivity contribution in [3.63, 3.8) is 0 Å². The van der Waals surface area contributed by atoms with Crippen molar-refractivity contribution in [3.8, 4) is 5.75 Å². The van der Waals surface area contributed by atoms with E-state index in [-0.39, 0.29) is 19.1 Å². The van der Waals surface area contributed by atoms with Gasteiger partial charge >= 0.3 is 0 Å². The molecule has 0 fully saturated rings. The van der Waals surface area contributed by atoms with E-state index in [1.54, 1.807) is 0 Å². The van der Waals surface area contributed by atoms with E-state index in [0.717, 1.165) is 25.2 Å². The topological polar surface area (TPSA) is 49.7 Å². The normalized spacial score (nSPS) is 11.7. The zero-order valence-corrected chi connectivity index (χ0v) is 13.8. The van der Waals surface area contributed by atoms with E-state index in [1.807, 2.05) is 0 Å². The third-order valence-electron chi connectivity index (χ3n) is 3.63. The number of aliphatic hydroxyl groups is 2. The van der Waals surface area contributed by atoms with Crippen molar-refractivity contribution in [3.05, 3.63) is 29.3 Å². The van der Waals surface area contributed by atoms with E-state index >= 15 is 0 Å². The van der Waals surface area contributed by atoms with Gasteiger partial charge in [0.1, 0.15) is 5.75 Å². The van der Waals surface area contributed by atoms with Crippen LogP contribution >= 0.6 is 0 Å². The Morgan fingerprint density at radius 2 is 1.71 bits per heavy atom. The molecule has 3 heteroatoms. The zero-order valence-electron chi connectivity index (χ0n) is 13.8. The second-order valence-corrected chi connectivity index (χ2v) is 6.50. The number of aryl methyl sites for hydroxylation is 1. The molecule has 0 aliphatic rings. The highest BCUT2D eigenvalue weighted by atomic mass is 16.5. The van der Waals surface area contributed by atoms with Crippen LogP contribution in [0.4, 0.5) is 0 Å². The molecule has 0 bridgehead atoms.